The van der Waals surface area contributed by atoms with Crippen molar-refractivity contribution in [2.45, 2.75) is 38.8 Å². The number of amides is 1. The van der Waals surface area contributed by atoms with Crippen LogP contribution in [0.15, 0.2) is 16.7 Å². The van der Waals surface area contributed by atoms with Gasteiger partial charge in [-0.3, -0.25) is 4.79 Å². The minimum Gasteiger partial charge on any atom is -0.340 e. The Kier molecular flexibility index (Phi) is 4.12. The van der Waals surface area contributed by atoms with E-state index in [4.69, 9.17) is 5.73 Å². The summed E-state index contributed by atoms with van der Waals surface area (Å²) in [4.78, 5) is 14.4. The number of nitrogens with two attached hydrogens (primary N) is 1. The highest BCUT2D eigenvalue weighted by atomic mass is 79.9. The van der Waals surface area contributed by atoms with E-state index in [0.717, 1.165) is 29.6 Å². The highest BCUT2D eigenvalue weighted by Gasteiger charge is 2.25. The molecule has 0 saturated carbocycles. The number of carbonyl (C=O) groups is 1. The summed E-state index contributed by atoms with van der Waals surface area (Å²) in [5.74, 6) is 0.0875. The number of carbonyl (C=O) groups excluding carboxylic acids is 1. The van der Waals surface area contributed by atoms with E-state index >= 15 is 0 Å². The molecule has 1 amide bonds. The van der Waals surface area contributed by atoms with Gasteiger partial charge in [-0.2, -0.15) is 0 Å². The van der Waals surface area contributed by atoms with Crippen molar-refractivity contribution in [2.75, 3.05) is 13.1 Å². The monoisotopic (exact) mass is 313 g/mol. The van der Waals surface area contributed by atoms with Crippen LogP contribution in [0.5, 0.6) is 0 Å². The number of rotatable bonds is 2. The predicted molar refractivity (Wildman–Crippen MR) is 75.6 cm³/mol. The van der Waals surface area contributed by atoms with Gasteiger partial charge in [-0.25, -0.2) is 0 Å². The summed E-state index contributed by atoms with van der Waals surface area (Å²) in [5.41, 5.74) is 6.68. The molecule has 5 heteroatoms. The van der Waals surface area contributed by atoms with Gasteiger partial charge in [0.15, 0.2) is 0 Å². The molecule has 1 aliphatic rings. The first kappa shape index (κ1) is 13.6. The molecule has 2 N–H and O–H groups in total. The van der Waals surface area contributed by atoms with Crippen molar-refractivity contribution < 1.29 is 4.79 Å². The van der Waals surface area contributed by atoms with Crippen LogP contribution in [0.3, 0.4) is 0 Å². The summed E-state index contributed by atoms with van der Waals surface area (Å²) >= 11 is 3.44. The first-order valence-electron chi connectivity index (χ1n) is 6.41. The summed E-state index contributed by atoms with van der Waals surface area (Å²) in [7, 11) is 0. The molecule has 1 aromatic heterocycles. The SMILES string of the molecule is CC(C)n1cc(Br)cc1C(=O)N1CCCC(N)C1. The molecule has 100 valence electrons. The fourth-order valence-electron chi connectivity index (χ4n) is 2.40. The minimum atomic E-state index is 0.0875. The van der Waals surface area contributed by atoms with Gasteiger partial charge in [-0.15, -0.1) is 0 Å². The largest absolute Gasteiger partial charge is 0.340 e. The molecule has 1 unspecified atom stereocenters. The lowest BCUT2D eigenvalue weighted by Crippen LogP contribution is -2.46. The summed E-state index contributed by atoms with van der Waals surface area (Å²) in [6.45, 7) is 5.63. The first-order chi connectivity index (χ1) is 8.49. The lowest BCUT2D eigenvalue weighted by Gasteiger charge is -2.31. The number of piperidine rings is 1. The van der Waals surface area contributed by atoms with Crippen molar-refractivity contribution in [3.05, 3.63) is 22.4 Å². The van der Waals surface area contributed by atoms with E-state index in [-0.39, 0.29) is 18.0 Å². The van der Waals surface area contributed by atoms with Crippen molar-refractivity contribution in [1.29, 1.82) is 0 Å². The number of hydrogen-bond donors (Lipinski definition) is 1. The second-order valence-corrected chi connectivity index (χ2v) is 6.11. The van der Waals surface area contributed by atoms with Gasteiger partial charge in [0.25, 0.3) is 5.91 Å². The predicted octanol–water partition coefficient (Wildman–Crippen LogP) is 2.39. The Morgan fingerprint density at radius 3 is 2.89 bits per heavy atom. The molecule has 2 heterocycles. The number of halogens is 1. The lowest BCUT2D eigenvalue weighted by molar-refractivity contribution is 0.0696. The molecule has 18 heavy (non-hydrogen) atoms. The first-order valence-corrected chi connectivity index (χ1v) is 7.20. The van der Waals surface area contributed by atoms with Crippen LogP contribution in [-0.2, 0) is 0 Å². The van der Waals surface area contributed by atoms with Crippen molar-refractivity contribution in [2.24, 2.45) is 5.73 Å². The summed E-state index contributed by atoms with van der Waals surface area (Å²) < 4.78 is 2.95. The zero-order valence-corrected chi connectivity index (χ0v) is 12.5. The average molecular weight is 314 g/mol. The van der Waals surface area contributed by atoms with Crippen LogP contribution in [0.2, 0.25) is 0 Å². The Morgan fingerprint density at radius 1 is 1.56 bits per heavy atom. The third-order valence-corrected chi connectivity index (χ3v) is 3.77. The van der Waals surface area contributed by atoms with Crippen molar-refractivity contribution in [3.8, 4) is 0 Å². The highest BCUT2D eigenvalue weighted by Crippen LogP contribution is 2.22. The molecular weight excluding hydrogens is 294 g/mol. The molecule has 1 atom stereocenters. The Labute approximate surface area is 116 Å². The van der Waals surface area contributed by atoms with Crippen molar-refractivity contribution in [3.63, 3.8) is 0 Å². The molecule has 0 radical (unpaired) electrons. The lowest BCUT2D eigenvalue weighted by atomic mass is 10.1. The van der Waals surface area contributed by atoms with E-state index in [1.165, 1.54) is 0 Å². The number of hydrogen-bond acceptors (Lipinski definition) is 2. The standard InChI is InChI=1S/C13H20BrN3O/c1-9(2)17-7-10(14)6-12(17)13(18)16-5-3-4-11(15)8-16/h6-7,9,11H,3-5,8,15H2,1-2H3. The highest BCUT2D eigenvalue weighted by molar-refractivity contribution is 9.10. The number of aromatic nitrogens is 1. The summed E-state index contributed by atoms with van der Waals surface area (Å²) in [5, 5.41) is 0. The van der Waals surface area contributed by atoms with Crippen LogP contribution in [-0.4, -0.2) is 34.5 Å². The molecule has 1 aliphatic heterocycles. The molecule has 0 bridgehead atoms. The molecule has 0 aliphatic carbocycles. The summed E-state index contributed by atoms with van der Waals surface area (Å²) in [6, 6.07) is 2.28. The fourth-order valence-corrected chi connectivity index (χ4v) is 2.84. The Hall–Kier alpha value is -0.810. The van der Waals surface area contributed by atoms with E-state index in [0.29, 0.717) is 6.54 Å². The van der Waals surface area contributed by atoms with Gasteiger partial charge >= 0.3 is 0 Å². The van der Waals surface area contributed by atoms with E-state index in [1.807, 2.05) is 21.7 Å². The Balaban J connectivity index is 2.22. The van der Waals surface area contributed by atoms with Crippen LogP contribution in [0, 0.1) is 0 Å². The van der Waals surface area contributed by atoms with Gasteiger partial charge in [0.1, 0.15) is 5.69 Å². The second kappa shape index (κ2) is 5.45. The molecular formula is C13H20BrN3O. The zero-order valence-electron chi connectivity index (χ0n) is 10.9. The van der Waals surface area contributed by atoms with Crippen molar-refractivity contribution >= 4 is 21.8 Å². The van der Waals surface area contributed by atoms with E-state index < -0.39 is 0 Å². The topological polar surface area (TPSA) is 51.3 Å². The van der Waals surface area contributed by atoms with Gasteiger partial charge in [0.2, 0.25) is 0 Å². The van der Waals surface area contributed by atoms with Crippen LogP contribution < -0.4 is 5.73 Å². The molecule has 1 fully saturated rings. The molecule has 4 nitrogen and oxygen atoms in total. The van der Waals surface area contributed by atoms with E-state index in [9.17, 15) is 4.79 Å². The third kappa shape index (κ3) is 2.78. The van der Waals surface area contributed by atoms with Gasteiger partial charge < -0.3 is 15.2 Å². The minimum absolute atomic E-state index is 0.0875. The fraction of sp³-hybridized carbons (Fsp3) is 0.615. The van der Waals surface area contributed by atoms with E-state index in [1.54, 1.807) is 0 Å². The third-order valence-electron chi connectivity index (χ3n) is 3.34. The van der Waals surface area contributed by atoms with Crippen LogP contribution in [0.25, 0.3) is 0 Å². The quantitative estimate of drug-likeness (QED) is 0.911. The Bertz CT molecular complexity index is 441. The van der Waals surface area contributed by atoms with Gasteiger partial charge in [0, 0.05) is 35.8 Å². The zero-order chi connectivity index (χ0) is 13.3. The maximum atomic E-state index is 12.5. The average Bonchev–Trinajstić information content (AvgIpc) is 2.70. The van der Waals surface area contributed by atoms with Crippen LogP contribution in [0.1, 0.15) is 43.2 Å². The number of likely N-dealkylation sites (tertiary alicyclic amines) is 1. The Morgan fingerprint density at radius 2 is 2.28 bits per heavy atom. The van der Waals surface area contributed by atoms with Crippen LogP contribution in [0.4, 0.5) is 0 Å². The summed E-state index contributed by atoms with van der Waals surface area (Å²) in [6.07, 6.45) is 3.97. The second-order valence-electron chi connectivity index (χ2n) is 5.20. The molecule has 2 rings (SSSR count). The van der Waals surface area contributed by atoms with Gasteiger partial charge in [-0.1, -0.05) is 0 Å². The smallest absolute Gasteiger partial charge is 0.270 e. The molecule has 1 saturated heterocycles. The number of nitrogens with zero attached hydrogens (tertiary/aromatic N) is 2. The van der Waals surface area contributed by atoms with Gasteiger partial charge in [0.05, 0.1) is 0 Å². The van der Waals surface area contributed by atoms with Crippen LogP contribution >= 0.6 is 15.9 Å². The maximum Gasteiger partial charge on any atom is 0.270 e. The molecule has 1 aromatic rings. The molecule has 0 spiro atoms. The van der Waals surface area contributed by atoms with Crippen molar-refractivity contribution in [1.82, 2.24) is 9.47 Å². The molecule has 0 aromatic carbocycles. The van der Waals surface area contributed by atoms with E-state index in [2.05, 4.69) is 29.8 Å². The van der Waals surface area contributed by atoms with Gasteiger partial charge in [-0.05, 0) is 48.7 Å². The normalized spacial score (nSPS) is 20.5. The maximum absolute atomic E-state index is 12.5.